The van der Waals surface area contributed by atoms with Crippen molar-refractivity contribution in [3.63, 3.8) is 0 Å². The van der Waals surface area contributed by atoms with E-state index in [-0.39, 0.29) is 40.3 Å². The summed E-state index contributed by atoms with van der Waals surface area (Å²) in [6, 6.07) is 7.00. The van der Waals surface area contributed by atoms with E-state index < -0.39 is 5.79 Å². The molecule has 4 N–H and O–H groups in total. The fraction of sp³-hybridized carbons (Fsp3) is 0.444. The lowest BCUT2D eigenvalue weighted by molar-refractivity contribution is -0.168. The molecule has 10 heteroatoms. The third-order valence-corrected chi connectivity index (χ3v) is 8.27. The molecule has 0 radical (unpaired) electrons. The summed E-state index contributed by atoms with van der Waals surface area (Å²) >= 11 is 6.05. The van der Waals surface area contributed by atoms with Crippen LogP contribution in [0, 0.1) is 18.2 Å². The maximum Gasteiger partial charge on any atom is 0.163 e. The van der Waals surface area contributed by atoms with E-state index in [4.69, 9.17) is 32.5 Å². The lowest BCUT2D eigenvalue weighted by atomic mass is 9.80. The molecule has 4 aromatic rings. The molecule has 4 heterocycles. The summed E-state index contributed by atoms with van der Waals surface area (Å²) in [6.07, 6.45) is 3.42. The van der Waals surface area contributed by atoms with Gasteiger partial charge in [0.25, 0.3) is 0 Å². The van der Waals surface area contributed by atoms with Crippen molar-refractivity contribution in [2.24, 2.45) is 5.41 Å². The van der Waals surface area contributed by atoms with E-state index in [0.29, 0.717) is 23.1 Å². The zero-order valence-corrected chi connectivity index (χ0v) is 22.0. The topological polar surface area (TPSA) is 114 Å². The molecule has 2 fully saturated rings. The highest BCUT2D eigenvalue weighted by molar-refractivity contribution is 6.33. The summed E-state index contributed by atoms with van der Waals surface area (Å²) in [6.45, 7) is 8.18. The van der Waals surface area contributed by atoms with Crippen molar-refractivity contribution in [2.75, 3.05) is 11.5 Å². The lowest BCUT2D eigenvalue weighted by Gasteiger charge is -2.32. The molecule has 6 rings (SSSR count). The number of rotatable bonds is 4. The van der Waals surface area contributed by atoms with Gasteiger partial charge in [0.05, 0.1) is 28.1 Å². The van der Waals surface area contributed by atoms with Gasteiger partial charge in [-0.25, -0.2) is 19.3 Å². The SMILES string of the molecule is Cc1cc2c(N)ncnc2n1[C@@H]1CC(C)(CCc2cc(F)c3cc(Cl)c(N)nc3c2)[C@H]2OC(C)(C)O[C@@H]12. The Morgan fingerprint density at radius 2 is 1.86 bits per heavy atom. The fourth-order valence-electron chi connectivity index (χ4n) is 6.25. The molecule has 0 amide bonds. The van der Waals surface area contributed by atoms with Crippen molar-refractivity contribution in [2.45, 2.75) is 71.0 Å². The van der Waals surface area contributed by atoms with E-state index >= 15 is 0 Å². The van der Waals surface area contributed by atoms with Crippen LogP contribution >= 0.6 is 11.6 Å². The largest absolute Gasteiger partial charge is 0.383 e. The van der Waals surface area contributed by atoms with Crippen molar-refractivity contribution in [3.05, 3.63) is 52.7 Å². The minimum Gasteiger partial charge on any atom is -0.383 e. The predicted molar refractivity (Wildman–Crippen MR) is 142 cm³/mol. The number of nitrogens with zero attached hydrogens (tertiary/aromatic N) is 4. The third kappa shape index (κ3) is 3.91. The molecule has 3 aromatic heterocycles. The zero-order chi connectivity index (χ0) is 26.3. The van der Waals surface area contributed by atoms with Gasteiger partial charge in [-0.05, 0) is 75.3 Å². The molecule has 1 aromatic carbocycles. The van der Waals surface area contributed by atoms with Gasteiger partial charge >= 0.3 is 0 Å². The highest BCUT2D eigenvalue weighted by Crippen LogP contribution is 2.56. The number of nitrogens with two attached hydrogens (primary N) is 2. The van der Waals surface area contributed by atoms with Crippen LogP contribution in [-0.4, -0.2) is 37.5 Å². The number of fused-ring (bicyclic) bond motifs is 3. The van der Waals surface area contributed by atoms with Crippen LogP contribution < -0.4 is 11.5 Å². The molecule has 4 atom stereocenters. The van der Waals surface area contributed by atoms with Gasteiger partial charge in [-0.1, -0.05) is 18.5 Å². The number of pyridine rings is 1. The molecule has 2 aliphatic rings. The maximum absolute atomic E-state index is 14.9. The standard InChI is InChI=1S/C27H30ClFN6O2/c1-13-7-16-23(30)32-12-33-25(16)35(13)20-11-27(4,22-21(20)36-26(2,3)37-22)6-5-14-8-18(29)15-10-17(28)24(31)34-19(15)9-14/h7-10,12,20-22H,5-6,11H2,1-4H3,(H2,31,34)(H2,30,32,33)/t20-,21+,22+,27?/m1/s1. The summed E-state index contributed by atoms with van der Waals surface area (Å²) in [5.74, 6) is -0.420. The van der Waals surface area contributed by atoms with Crippen molar-refractivity contribution in [1.82, 2.24) is 19.5 Å². The predicted octanol–water partition coefficient (Wildman–Crippen LogP) is 5.35. The van der Waals surface area contributed by atoms with Gasteiger partial charge in [-0.2, -0.15) is 0 Å². The molecule has 37 heavy (non-hydrogen) atoms. The average molecular weight is 525 g/mol. The van der Waals surface area contributed by atoms with Crippen LogP contribution in [0.15, 0.2) is 30.6 Å². The number of anilines is 2. The smallest absolute Gasteiger partial charge is 0.163 e. The van der Waals surface area contributed by atoms with Gasteiger partial charge in [0.1, 0.15) is 35.5 Å². The summed E-state index contributed by atoms with van der Waals surface area (Å²) in [7, 11) is 0. The molecule has 1 aliphatic carbocycles. The van der Waals surface area contributed by atoms with E-state index in [2.05, 4.69) is 33.4 Å². The molecule has 1 unspecified atom stereocenters. The van der Waals surface area contributed by atoms with Crippen molar-refractivity contribution >= 4 is 45.2 Å². The molecule has 1 saturated heterocycles. The number of nitrogen functional groups attached to an aromatic ring is 2. The first-order valence-corrected chi connectivity index (χ1v) is 12.8. The number of aryl methyl sites for hydroxylation is 2. The van der Waals surface area contributed by atoms with Gasteiger partial charge in [-0.3, -0.25) is 0 Å². The summed E-state index contributed by atoms with van der Waals surface area (Å²) in [4.78, 5) is 13.0. The summed E-state index contributed by atoms with van der Waals surface area (Å²) in [5.41, 5.74) is 15.0. The first kappa shape index (κ1) is 24.3. The molecule has 194 valence electrons. The number of benzene rings is 1. The highest BCUT2D eigenvalue weighted by atomic mass is 35.5. The monoisotopic (exact) mass is 524 g/mol. The Morgan fingerprint density at radius 3 is 2.65 bits per heavy atom. The summed E-state index contributed by atoms with van der Waals surface area (Å²) < 4.78 is 30.1. The first-order chi connectivity index (χ1) is 17.5. The highest BCUT2D eigenvalue weighted by Gasteiger charge is 2.59. The van der Waals surface area contributed by atoms with Gasteiger partial charge < -0.3 is 25.5 Å². The first-order valence-electron chi connectivity index (χ1n) is 12.4. The van der Waals surface area contributed by atoms with E-state index in [0.717, 1.165) is 35.1 Å². The van der Waals surface area contributed by atoms with E-state index in [1.807, 2.05) is 26.0 Å². The Hall–Kier alpha value is -3.01. The van der Waals surface area contributed by atoms with E-state index in [1.54, 1.807) is 6.07 Å². The second kappa shape index (κ2) is 8.24. The second-order valence-corrected chi connectivity index (χ2v) is 11.5. The third-order valence-electron chi connectivity index (χ3n) is 7.97. The Kier molecular flexibility index (Phi) is 5.42. The molecule has 8 nitrogen and oxygen atoms in total. The van der Waals surface area contributed by atoms with Crippen LogP contribution in [0.4, 0.5) is 16.0 Å². The van der Waals surface area contributed by atoms with Crippen LogP contribution in [0.25, 0.3) is 21.9 Å². The number of hydrogen-bond donors (Lipinski definition) is 2. The van der Waals surface area contributed by atoms with Gasteiger partial charge in [0, 0.05) is 11.1 Å². The average Bonchev–Trinajstić information content (AvgIpc) is 3.42. The molecular weight excluding hydrogens is 495 g/mol. The van der Waals surface area contributed by atoms with Crippen LogP contribution in [0.1, 0.15) is 50.9 Å². The summed E-state index contributed by atoms with van der Waals surface area (Å²) in [5, 5.41) is 1.44. The Balaban J connectivity index is 1.34. The van der Waals surface area contributed by atoms with Crippen molar-refractivity contribution in [1.29, 1.82) is 0 Å². The minimum atomic E-state index is -0.712. The van der Waals surface area contributed by atoms with E-state index in [9.17, 15) is 4.39 Å². The number of halogens is 2. The molecule has 0 spiro atoms. The zero-order valence-electron chi connectivity index (χ0n) is 21.3. The van der Waals surface area contributed by atoms with Crippen LogP contribution in [0.3, 0.4) is 0 Å². The number of aromatic nitrogens is 4. The number of ether oxygens (including phenoxy) is 2. The molecule has 1 saturated carbocycles. The minimum absolute atomic E-state index is 0.000483. The number of hydrogen-bond acceptors (Lipinski definition) is 7. The van der Waals surface area contributed by atoms with Crippen LogP contribution in [-0.2, 0) is 15.9 Å². The van der Waals surface area contributed by atoms with Crippen molar-refractivity contribution in [3.8, 4) is 0 Å². The second-order valence-electron chi connectivity index (χ2n) is 11.1. The Morgan fingerprint density at radius 1 is 1.08 bits per heavy atom. The van der Waals surface area contributed by atoms with Gasteiger partial charge in [0.15, 0.2) is 5.79 Å². The van der Waals surface area contributed by atoms with Gasteiger partial charge in [-0.15, -0.1) is 0 Å². The maximum atomic E-state index is 14.9. The quantitative estimate of drug-likeness (QED) is 0.370. The van der Waals surface area contributed by atoms with Crippen LogP contribution in [0.5, 0.6) is 0 Å². The normalized spacial score (nSPS) is 26.8. The van der Waals surface area contributed by atoms with Crippen molar-refractivity contribution < 1.29 is 13.9 Å². The van der Waals surface area contributed by atoms with E-state index in [1.165, 1.54) is 12.4 Å². The fourth-order valence-corrected chi connectivity index (χ4v) is 6.40. The van der Waals surface area contributed by atoms with Crippen LogP contribution in [0.2, 0.25) is 5.02 Å². The van der Waals surface area contributed by atoms with Gasteiger partial charge in [0.2, 0.25) is 0 Å². The molecule has 1 aliphatic heterocycles. The molecule has 0 bridgehead atoms. The Bertz CT molecular complexity index is 1560. The molecular formula is C27H30ClFN6O2. The lowest BCUT2D eigenvalue weighted by Crippen LogP contribution is -2.34. The Labute approximate surface area is 219 Å².